The molecule has 0 aliphatic carbocycles. The summed E-state index contributed by atoms with van der Waals surface area (Å²) < 4.78 is 4.81. The molecule has 1 atom stereocenters. The molecule has 5 heteroatoms. The minimum atomic E-state index is -1.37. The summed E-state index contributed by atoms with van der Waals surface area (Å²) in [6.07, 6.45) is -0.639. The van der Waals surface area contributed by atoms with E-state index >= 15 is 0 Å². The van der Waals surface area contributed by atoms with Crippen molar-refractivity contribution in [1.29, 1.82) is 5.26 Å². The monoisotopic (exact) mass is 227 g/mol. The lowest BCUT2D eigenvalue weighted by atomic mass is 10.1. The van der Waals surface area contributed by atoms with Crippen molar-refractivity contribution in [3.05, 3.63) is 0 Å². The highest BCUT2D eigenvalue weighted by Gasteiger charge is 2.27. The Labute approximate surface area is 95.0 Å². The van der Waals surface area contributed by atoms with Crippen LogP contribution in [0.1, 0.15) is 40.0 Å². The van der Waals surface area contributed by atoms with E-state index in [0.29, 0.717) is 6.42 Å². The lowest BCUT2D eigenvalue weighted by Gasteiger charge is -2.19. The van der Waals surface area contributed by atoms with E-state index in [4.69, 9.17) is 10.00 Å². The lowest BCUT2D eigenvalue weighted by Crippen LogP contribution is -2.35. The molecule has 5 nitrogen and oxygen atoms in total. The van der Waals surface area contributed by atoms with Crippen molar-refractivity contribution in [2.24, 2.45) is 0 Å². The van der Waals surface area contributed by atoms with Gasteiger partial charge in [0.1, 0.15) is 11.7 Å². The van der Waals surface area contributed by atoms with Crippen LogP contribution in [0, 0.1) is 11.3 Å². The molecule has 0 saturated carbocycles. The van der Waals surface area contributed by atoms with E-state index in [-0.39, 0.29) is 12.8 Å². The molecule has 0 heterocycles. The molecule has 0 rings (SSSR count). The van der Waals surface area contributed by atoms with E-state index in [1.807, 2.05) is 6.07 Å². The number of nitriles is 1. The third kappa shape index (κ3) is 6.14. The summed E-state index contributed by atoms with van der Waals surface area (Å²) >= 11 is 0. The third-order valence-corrected chi connectivity index (χ3v) is 1.67. The first-order valence-corrected chi connectivity index (χ1v) is 5.10. The van der Waals surface area contributed by atoms with Crippen molar-refractivity contribution in [3.63, 3.8) is 0 Å². The van der Waals surface area contributed by atoms with Crippen LogP contribution in [-0.2, 0) is 14.3 Å². The molecule has 1 N–H and O–H groups in total. The average Bonchev–Trinajstić information content (AvgIpc) is 2.14. The zero-order chi connectivity index (χ0) is 12.8. The molecule has 0 amide bonds. The Hall–Kier alpha value is -1.41. The van der Waals surface area contributed by atoms with E-state index < -0.39 is 23.5 Å². The molecule has 16 heavy (non-hydrogen) atoms. The quantitative estimate of drug-likeness (QED) is 0.429. The summed E-state index contributed by atoms with van der Waals surface area (Å²) in [6.45, 7) is 4.92. The SMILES string of the molecule is CC(C)(C)OC(=O)C(=O)C(O)CCCC#N. The van der Waals surface area contributed by atoms with Crippen LogP contribution in [0.2, 0.25) is 0 Å². The number of rotatable bonds is 5. The molecular formula is C11H17NO4. The molecule has 0 aliphatic rings. The number of esters is 1. The number of aliphatic hydroxyl groups excluding tert-OH is 1. The Morgan fingerprint density at radius 2 is 2.00 bits per heavy atom. The normalized spacial score (nSPS) is 12.7. The second-order valence-corrected chi connectivity index (χ2v) is 4.43. The van der Waals surface area contributed by atoms with E-state index in [9.17, 15) is 14.7 Å². The van der Waals surface area contributed by atoms with Crippen molar-refractivity contribution in [2.75, 3.05) is 0 Å². The van der Waals surface area contributed by atoms with Crippen LogP contribution in [0.5, 0.6) is 0 Å². The van der Waals surface area contributed by atoms with Gasteiger partial charge in [-0.2, -0.15) is 5.26 Å². The Balaban J connectivity index is 4.13. The number of aliphatic hydroxyl groups is 1. The van der Waals surface area contributed by atoms with Crippen LogP contribution >= 0.6 is 0 Å². The van der Waals surface area contributed by atoms with Gasteiger partial charge in [-0.3, -0.25) is 4.79 Å². The molecule has 0 aromatic rings. The fraction of sp³-hybridized carbons (Fsp3) is 0.727. The summed E-state index contributed by atoms with van der Waals surface area (Å²) in [5, 5.41) is 17.6. The number of hydrogen-bond donors (Lipinski definition) is 1. The molecule has 0 aromatic heterocycles. The number of hydrogen-bond acceptors (Lipinski definition) is 5. The van der Waals surface area contributed by atoms with Crippen molar-refractivity contribution in [1.82, 2.24) is 0 Å². The first-order valence-electron chi connectivity index (χ1n) is 5.10. The predicted octanol–water partition coefficient (Wildman–Crippen LogP) is 0.952. The molecular weight excluding hydrogens is 210 g/mol. The van der Waals surface area contributed by atoms with Gasteiger partial charge in [-0.1, -0.05) is 0 Å². The summed E-state index contributed by atoms with van der Waals surface area (Å²) in [5.41, 5.74) is -0.751. The zero-order valence-corrected chi connectivity index (χ0v) is 9.82. The number of ketones is 1. The van der Waals surface area contributed by atoms with E-state index in [0.717, 1.165) is 0 Å². The number of nitrogens with zero attached hydrogens (tertiary/aromatic N) is 1. The highest BCUT2D eigenvalue weighted by molar-refractivity contribution is 6.35. The van der Waals surface area contributed by atoms with Crippen molar-refractivity contribution in [2.45, 2.75) is 51.7 Å². The van der Waals surface area contributed by atoms with Crippen molar-refractivity contribution < 1.29 is 19.4 Å². The summed E-state index contributed by atoms with van der Waals surface area (Å²) in [4.78, 5) is 22.5. The fourth-order valence-corrected chi connectivity index (χ4v) is 0.970. The number of unbranched alkanes of at least 4 members (excludes halogenated alkanes) is 1. The first-order chi connectivity index (χ1) is 7.28. The summed E-state index contributed by atoms with van der Waals surface area (Å²) in [5.74, 6) is -1.98. The molecule has 0 radical (unpaired) electrons. The van der Waals surface area contributed by atoms with Gasteiger partial charge in [0.15, 0.2) is 0 Å². The van der Waals surface area contributed by atoms with Crippen LogP contribution in [0.3, 0.4) is 0 Å². The fourth-order valence-electron chi connectivity index (χ4n) is 0.970. The topological polar surface area (TPSA) is 87.4 Å². The highest BCUT2D eigenvalue weighted by Crippen LogP contribution is 2.09. The van der Waals surface area contributed by atoms with Gasteiger partial charge in [0.2, 0.25) is 0 Å². The lowest BCUT2D eigenvalue weighted by molar-refractivity contribution is -0.165. The summed E-state index contributed by atoms with van der Waals surface area (Å²) in [7, 11) is 0. The maximum atomic E-state index is 11.3. The van der Waals surface area contributed by atoms with Gasteiger partial charge in [0, 0.05) is 6.42 Å². The molecule has 0 spiro atoms. The van der Waals surface area contributed by atoms with Crippen LogP contribution < -0.4 is 0 Å². The maximum Gasteiger partial charge on any atom is 0.377 e. The van der Waals surface area contributed by atoms with Crippen LogP contribution in [-0.4, -0.2) is 28.6 Å². The van der Waals surface area contributed by atoms with Gasteiger partial charge in [-0.05, 0) is 33.6 Å². The number of ether oxygens (including phenoxy) is 1. The first kappa shape index (κ1) is 14.6. The van der Waals surface area contributed by atoms with Crippen LogP contribution in [0.15, 0.2) is 0 Å². The second kappa shape index (κ2) is 6.23. The molecule has 0 aromatic carbocycles. The van der Waals surface area contributed by atoms with Gasteiger partial charge in [0.05, 0.1) is 6.07 Å². The van der Waals surface area contributed by atoms with E-state index in [1.165, 1.54) is 0 Å². The van der Waals surface area contributed by atoms with Crippen LogP contribution in [0.25, 0.3) is 0 Å². The minimum Gasteiger partial charge on any atom is -0.454 e. The molecule has 0 bridgehead atoms. The summed E-state index contributed by atoms with van der Waals surface area (Å²) in [6, 6.07) is 1.89. The predicted molar refractivity (Wildman–Crippen MR) is 56.3 cm³/mol. The highest BCUT2D eigenvalue weighted by atomic mass is 16.6. The number of Topliss-reactive ketones (excluding diaryl/α,β-unsaturated/α-hetero) is 1. The maximum absolute atomic E-state index is 11.3. The van der Waals surface area contributed by atoms with E-state index in [1.54, 1.807) is 20.8 Å². The second-order valence-electron chi connectivity index (χ2n) is 4.43. The smallest absolute Gasteiger partial charge is 0.377 e. The molecule has 0 fully saturated rings. The third-order valence-electron chi connectivity index (χ3n) is 1.67. The Morgan fingerprint density at radius 1 is 1.44 bits per heavy atom. The number of carbonyl (C=O) groups excluding carboxylic acids is 2. The molecule has 90 valence electrons. The average molecular weight is 227 g/mol. The largest absolute Gasteiger partial charge is 0.454 e. The van der Waals surface area contributed by atoms with Gasteiger partial charge in [0.25, 0.3) is 5.78 Å². The van der Waals surface area contributed by atoms with Crippen molar-refractivity contribution in [3.8, 4) is 6.07 Å². The van der Waals surface area contributed by atoms with Gasteiger partial charge < -0.3 is 9.84 Å². The molecule has 1 unspecified atom stereocenters. The zero-order valence-electron chi connectivity index (χ0n) is 9.82. The Morgan fingerprint density at radius 3 is 2.44 bits per heavy atom. The Bertz CT molecular complexity index is 298. The van der Waals surface area contributed by atoms with Gasteiger partial charge >= 0.3 is 5.97 Å². The molecule has 0 saturated heterocycles. The minimum absolute atomic E-state index is 0.103. The van der Waals surface area contributed by atoms with Gasteiger partial charge in [-0.25, -0.2) is 4.79 Å². The number of carbonyl (C=O) groups is 2. The Kier molecular flexibility index (Phi) is 5.68. The van der Waals surface area contributed by atoms with E-state index in [2.05, 4.69) is 0 Å². The van der Waals surface area contributed by atoms with Crippen molar-refractivity contribution >= 4 is 11.8 Å². The standard InChI is InChI=1S/C11H17NO4/c1-11(2,3)16-10(15)9(14)8(13)6-4-5-7-12/h8,13H,4-6H2,1-3H3. The van der Waals surface area contributed by atoms with Gasteiger partial charge in [-0.15, -0.1) is 0 Å². The van der Waals surface area contributed by atoms with Crippen LogP contribution in [0.4, 0.5) is 0 Å². The molecule has 0 aliphatic heterocycles.